The number of nitrogens with two attached hydrogens (primary N) is 1. The van der Waals surface area contributed by atoms with Crippen LogP contribution in [0, 0.1) is 5.92 Å². The van der Waals surface area contributed by atoms with Gasteiger partial charge in [-0.1, -0.05) is 13.8 Å². The molecule has 0 aliphatic rings. The molecule has 7 heteroatoms. The Morgan fingerprint density at radius 3 is 2.68 bits per heavy atom. The Hall–Kier alpha value is -0.820. The molecule has 2 N–H and O–H groups in total. The van der Waals surface area contributed by atoms with Crippen LogP contribution in [0.5, 0.6) is 5.88 Å². The lowest BCUT2D eigenvalue weighted by atomic mass is 10.1. The third-order valence-electron chi connectivity index (χ3n) is 2.20. The maximum Gasteiger partial charge on any atom is 0.404 e. The number of carbonyl (C=O) groups excluding carboxylic acids is 1. The minimum atomic E-state index is -0.794. The summed E-state index contributed by atoms with van der Waals surface area (Å²) in [5.74, 6) is 0.819. The number of primary amides is 1. The Balaban J connectivity index is 2.61. The predicted octanol–water partition coefficient (Wildman–Crippen LogP) is 3.50. The molecule has 1 unspecified atom stereocenters. The van der Waals surface area contributed by atoms with E-state index in [1.807, 2.05) is 19.9 Å². The number of carbonyl (C=O) groups is 1. The summed E-state index contributed by atoms with van der Waals surface area (Å²) >= 11 is 6.66. The van der Waals surface area contributed by atoms with Gasteiger partial charge in [0, 0.05) is 10.7 Å². The molecule has 106 valence electrons. The van der Waals surface area contributed by atoms with E-state index in [0.717, 1.165) is 8.95 Å². The van der Waals surface area contributed by atoms with Crippen LogP contribution in [0.25, 0.3) is 0 Å². The highest BCUT2D eigenvalue weighted by molar-refractivity contribution is 9.11. The fraction of sp³-hybridized carbons (Fsp3) is 0.500. The molecule has 0 aliphatic heterocycles. The normalized spacial score (nSPS) is 12.3. The van der Waals surface area contributed by atoms with Crippen molar-refractivity contribution in [3.8, 4) is 5.88 Å². The van der Waals surface area contributed by atoms with E-state index < -0.39 is 6.09 Å². The lowest BCUT2D eigenvalue weighted by Gasteiger charge is -2.19. The zero-order valence-electron chi connectivity index (χ0n) is 10.7. The first kappa shape index (κ1) is 16.2. The molecule has 0 fully saturated rings. The van der Waals surface area contributed by atoms with Crippen LogP contribution < -0.4 is 10.5 Å². The summed E-state index contributed by atoms with van der Waals surface area (Å²) in [5, 5.41) is 0. The molecule has 19 heavy (non-hydrogen) atoms. The van der Waals surface area contributed by atoms with Crippen molar-refractivity contribution in [1.82, 2.24) is 4.98 Å². The highest BCUT2D eigenvalue weighted by atomic mass is 79.9. The average Bonchev–Trinajstić information content (AvgIpc) is 2.25. The number of nitrogens with zero attached hydrogens (tertiary/aromatic N) is 1. The molecule has 0 aromatic carbocycles. The van der Waals surface area contributed by atoms with Gasteiger partial charge in [-0.05, 0) is 50.3 Å². The summed E-state index contributed by atoms with van der Waals surface area (Å²) < 4.78 is 12.1. The van der Waals surface area contributed by atoms with Gasteiger partial charge < -0.3 is 15.2 Å². The second-order valence-corrected chi connectivity index (χ2v) is 6.21. The van der Waals surface area contributed by atoms with Crippen LogP contribution in [-0.2, 0) is 4.74 Å². The molecule has 1 aromatic rings. The van der Waals surface area contributed by atoms with Gasteiger partial charge in [-0.25, -0.2) is 9.78 Å². The van der Waals surface area contributed by atoms with Crippen molar-refractivity contribution in [2.24, 2.45) is 11.7 Å². The Morgan fingerprint density at radius 2 is 2.16 bits per heavy atom. The zero-order chi connectivity index (χ0) is 14.4. The third-order valence-corrected chi connectivity index (χ3v) is 3.20. The zero-order valence-corrected chi connectivity index (χ0v) is 13.9. The van der Waals surface area contributed by atoms with Crippen molar-refractivity contribution < 1.29 is 14.3 Å². The molecular weight excluding hydrogens is 380 g/mol. The van der Waals surface area contributed by atoms with E-state index in [1.165, 1.54) is 0 Å². The van der Waals surface area contributed by atoms with E-state index in [2.05, 4.69) is 36.8 Å². The summed E-state index contributed by atoms with van der Waals surface area (Å²) in [6.07, 6.45) is 1.13. The summed E-state index contributed by atoms with van der Waals surface area (Å²) in [5.41, 5.74) is 5.04. The first-order valence-electron chi connectivity index (χ1n) is 5.78. The number of aromatic nitrogens is 1. The quantitative estimate of drug-likeness (QED) is 0.799. The van der Waals surface area contributed by atoms with E-state index in [-0.39, 0.29) is 12.7 Å². The first-order chi connectivity index (χ1) is 8.88. The van der Waals surface area contributed by atoms with Gasteiger partial charge >= 0.3 is 6.09 Å². The Kier molecular flexibility index (Phi) is 6.57. The molecule has 0 aliphatic carbocycles. The third kappa shape index (κ3) is 6.24. The minimum Gasteiger partial charge on any atom is -0.473 e. The lowest BCUT2D eigenvalue weighted by Crippen LogP contribution is -2.29. The number of ether oxygens (including phenoxy) is 2. The van der Waals surface area contributed by atoms with Crippen LogP contribution >= 0.6 is 31.9 Å². The van der Waals surface area contributed by atoms with Gasteiger partial charge in [-0.3, -0.25) is 0 Å². The standard InChI is InChI=1S/C12H16Br2N2O3/c1-7(2)3-9(19-12(15)17)6-18-11-10(14)4-8(13)5-16-11/h4-5,7,9H,3,6H2,1-2H3,(H2,15,17). The number of pyridine rings is 1. The molecule has 0 bridgehead atoms. The van der Waals surface area contributed by atoms with Gasteiger partial charge in [-0.15, -0.1) is 0 Å². The maximum atomic E-state index is 10.8. The van der Waals surface area contributed by atoms with Gasteiger partial charge in [0.05, 0.1) is 4.47 Å². The largest absolute Gasteiger partial charge is 0.473 e. The highest BCUT2D eigenvalue weighted by Crippen LogP contribution is 2.25. The monoisotopic (exact) mass is 394 g/mol. The minimum absolute atomic E-state index is 0.217. The fourth-order valence-corrected chi connectivity index (χ4v) is 2.62. The molecule has 0 spiro atoms. The van der Waals surface area contributed by atoms with E-state index >= 15 is 0 Å². The molecular formula is C12H16Br2N2O3. The topological polar surface area (TPSA) is 74.4 Å². The second kappa shape index (κ2) is 7.69. The number of hydrogen-bond donors (Lipinski definition) is 1. The molecule has 1 aromatic heterocycles. The Bertz CT molecular complexity index is 441. The van der Waals surface area contributed by atoms with Crippen molar-refractivity contribution in [2.75, 3.05) is 6.61 Å². The van der Waals surface area contributed by atoms with Crippen molar-refractivity contribution in [3.63, 3.8) is 0 Å². The highest BCUT2D eigenvalue weighted by Gasteiger charge is 2.16. The van der Waals surface area contributed by atoms with Crippen molar-refractivity contribution in [3.05, 3.63) is 21.2 Å². The van der Waals surface area contributed by atoms with Gasteiger partial charge in [-0.2, -0.15) is 0 Å². The molecule has 0 saturated heterocycles. The number of amides is 1. The van der Waals surface area contributed by atoms with Gasteiger partial charge in [0.25, 0.3) is 0 Å². The molecule has 0 radical (unpaired) electrons. The van der Waals surface area contributed by atoms with E-state index in [1.54, 1.807) is 6.20 Å². The summed E-state index contributed by atoms with van der Waals surface area (Å²) in [7, 11) is 0. The smallest absolute Gasteiger partial charge is 0.404 e. The molecule has 1 atom stereocenters. The van der Waals surface area contributed by atoms with E-state index in [9.17, 15) is 4.79 Å². The van der Waals surface area contributed by atoms with Crippen molar-refractivity contribution in [2.45, 2.75) is 26.4 Å². The van der Waals surface area contributed by atoms with Crippen LogP contribution in [0.1, 0.15) is 20.3 Å². The Labute approximate surface area is 129 Å². The molecule has 1 heterocycles. The fourth-order valence-electron chi connectivity index (χ4n) is 1.52. The Morgan fingerprint density at radius 1 is 1.47 bits per heavy atom. The number of halogens is 2. The van der Waals surface area contributed by atoms with Crippen LogP contribution in [0.2, 0.25) is 0 Å². The maximum absolute atomic E-state index is 10.8. The summed E-state index contributed by atoms with van der Waals surface area (Å²) in [6.45, 7) is 4.28. The van der Waals surface area contributed by atoms with E-state index in [4.69, 9.17) is 15.2 Å². The SMILES string of the molecule is CC(C)CC(COc1ncc(Br)cc1Br)OC(N)=O. The molecule has 5 nitrogen and oxygen atoms in total. The average molecular weight is 396 g/mol. The van der Waals surface area contributed by atoms with Crippen LogP contribution in [0.4, 0.5) is 4.79 Å². The molecule has 1 amide bonds. The second-order valence-electron chi connectivity index (χ2n) is 4.44. The van der Waals surface area contributed by atoms with E-state index in [0.29, 0.717) is 18.2 Å². The van der Waals surface area contributed by atoms with Crippen molar-refractivity contribution >= 4 is 38.0 Å². The van der Waals surface area contributed by atoms with Crippen LogP contribution in [0.3, 0.4) is 0 Å². The molecule has 0 saturated carbocycles. The molecule has 1 rings (SSSR count). The van der Waals surface area contributed by atoms with Crippen LogP contribution in [-0.4, -0.2) is 23.8 Å². The van der Waals surface area contributed by atoms with Crippen LogP contribution in [0.15, 0.2) is 21.2 Å². The lowest BCUT2D eigenvalue weighted by molar-refractivity contribution is 0.0575. The summed E-state index contributed by atoms with van der Waals surface area (Å²) in [4.78, 5) is 14.9. The number of hydrogen-bond acceptors (Lipinski definition) is 4. The number of rotatable bonds is 6. The first-order valence-corrected chi connectivity index (χ1v) is 7.37. The predicted molar refractivity (Wildman–Crippen MR) is 79.0 cm³/mol. The van der Waals surface area contributed by atoms with Gasteiger partial charge in [0.2, 0.25) is 5.88 Å². The van der Waals surface area contributed by atoms with Gasteiger partial charge in [0.15, 0.2) is 0 Å². The van der Waals surface area contributed by atoms with Gasteiger partial charge in [0.1, 0.15) is 12.7 Å². The summed E-state index contributed by atoms with van der Waals surface area (Å²) in [6, 6.07) is 1.83. The van der Waals surface area contributed by atoms with Crippen molar-refractivity contribution in [1.29, 1.82) is 0 Å².